The molecule has 0 aromatic carbocycles. The number of carbonyl (C=O) groups is 2. The third kappa shape index (κ3) is 1.77. The summed E-state index contributed by atoms with van der Waals surface area (Å²) in [6.07, 6.45) is 5.35. The molecule has 1 aromatic rings. The van der Waals surface area contributed by atoms with Gasteiger partial charge in [-0.2, -0.15) is 0 Å². The Hall–Kier alpha value is -1.23. The molecule has 5 heteroatoms. The first-order valence-electron chi connectivity index (χ1n) is 6.18. The number of anilines is 1. The summed E-state index contributed by atoms with van der Waals surface area (Å²) in [5.41, 5.74) is 0. The van der Waals surface area contributed by atoms with E-state index < -0.39 is 0 Å². The lowest BCUT2D eigenvalue weighted by Crippen LogP contribution is -2.31. The van der Waals surface area contributed by atoms with Gasteiger partial charge in [0.2, 0.25) is 11.8 Å². The molecule has 0 spiro atoms. The molecule has 2 aliphatic rings. The number of hydrogen-bond acceptors (Lipinski definition) is 3. The number of fused-ring (bicyclic) bond motifs is 1. The van der Waals surface area contributed by atoms with Gasteiger partial charge in [-0.25, -0.2) is 9.88 Å². The van der Waals surface area contributed by atoms with Crippen molar-refractivity contribution in [1.29, 1.82) is 0 Å². The minimum atomic E-state index is -0.118. The lowest BCUT2D eigenvalue weighted by molar-refractivity contribution is -0.122. The highest BCUT2D eigenvalue weighted by atomic mass is 79.9. The smallest absolute Gasteiger partial charge is 0.238 e. The SMILES string of the molecule is O=C1C2CCCCC2C(=O)N1c1cc(Br)ccn1. The second-order valence-corrected chi connectivity index (χ2v) is 5.76. The molecule has 4 nitrogen and oxygen atoms in total. The summed E-state index contributed by atoms with van der Waals surface area (Å²) >= 11 is 3.34. The predicted octanol–water partition coefficient (Wildman–Crippen LogP) is 2.52. The summed E-state index contributed by atoms with van der Waals surface area (Å²) in [6, 6.07) is 3.49. The Morgan fingerprint density at radius 2 is 1.78 bits per heavy atom. The minimum absolute atomic E-state index is 0.0738. The molecule has 0 radical (unpaired) electrons. The van der Waals surface area contributed by atoms with Gasteiger partial charge in [0, 0.05) is 10.7 Å². The lowest BCUT2D eigenvalue weighted by Gasteiger charge is -2.19. The van der Waals surface area contributed by atoms with Crippen LogP contribution in [-0.4, -0.2) is 16.8 Å². The van der Waals surface area contributed by atoms with E-state index in [0.717, 1.165) is 30.2 Å². The Balaban J connectivity index is 1.97. The number of pyridine rings is 1. The van der Waals surface area contributed by atoms with Crippen molar-refractivity contribution in [3.05, 3.63) is 22.8 Å². The van der Waals surface area contributed by atoms with Gasteiger partial charge in [-0.05, 0) is 25.0 Å². The summed E-state index contributed by atoms with van der Waals surface area (Å²) in [6.45, 7) is 0. The molecule has 18 heavy (non-hydrogen) atoms. The summed E-state index contributed by atoms with van der Waals surface area (Å²) in [5, 5.41) is 0. The second-order valence-electron chi connectivity index (χ2n) is 4.84. The van der Waals surface area contributed by atoms with Crippen LogP contribution in [0.4, 0.5) is 5.82 Å². The minimum Gasteiger partial charge on any atom is -0.274 e. The molecule has 2 unspecified atom stereocenters. The second kappa shape index (κ2) is 4.46. The van der Waals surface area contributed by atoms with Crippen LogP contribution in [0.15, 0.2) is 22.8 Å². The van der Waals surface area contributed by atoms with Crippen molar-refractivity contribution in [2.45, 2.75) is 25.7 Å². The Morgan fingerprint density at radius 3 is 2.33 bits per heavy atom. The standard InChI is InChI=1S/C13H13BrN2O2/c14-8-5-6-15-11(7-8)16-12(17)9-3-1-2-4-10(9)13(16)18/h5-7,9-10H,1-4H2. The molecular formula is C13H13BrN2O2. The van der Waals surface area contributed by atoms with E-state index in [-0.39, 0.29) is 23.7 Å². The van der Waals surface area contributed by atoms with E-state index in [9.17, 15) is 9.59 Å². The summed E-state index contributed by atoms with van der Waals surface area (Å²) in [7, 11) is 0. The highest BCUT2D eigenvalue weighted by molar-refractivity contribution is 9.10. The van der Waals surface area contributed by atoms with Gasteiger partial charge in [0.15, 0.2) is 0 Å². The van der Waals surface area contributed by atoms with Crippen molar-refractivity contribution in [3.63, 3.8) is 0 Å². The largest absolute Gasteiger partial charge is 0.274 e. The molecule has 2 fully saturated rings. The van der Waals surface area contributed by atoms with Crippen molar-refractivity contribution in [2.75, 3.05) is 4.90 Å². The number of halogens is 1. The van der Waals surface area contributed by atoms with Crippen molar-refractivity contribution in [1.82, 2.24) is 4.98 Å². The fraction of sp³-hybridized carbons (Fsp3) is 0.462. The highest BCUT2D eigenvalue weighted by Gasteiger charge is 2.49. The lowest BCUT2D eigenvalue weighted by atomic mass is 9.81. The first-order chi connectivity index (χ1) is 8.68. The van der Waals surface area contributed by atoms with Crippen molar-refractivity contribution >= 4 is 33.6 Å². The van der Waals surface area contributed by atoms with Crippen LogP contribution in [-0.2, 0) is 9.59 Å². The molecule has 0 bridgehead atoms. The summed E-state index contributed by atoms with van der Waals surface area (Å²) in [4.78, 5) is 30.0. The summed E-state index contributed by atoms with van der Waals surface area (Å²) in [5.74, 6) is 0.0541. The van der Waals surface area contributed by atoms with Gasteiger partial charge in [-0.15, -0.1) is 0 Å². The van der Waals surface area contributed by atoms with Gasteiger partial charge in [0.1, 0.15) is 5.82 Å². The van der Waals surface area contributed by atoms with E-state index >= 15 is 0 Å². The normalized spacial score (nSPS) is 27.5. The zero-order valence-corrected chi connectivity index (χ0v) is 11.4. The average Bonchev–Trinajstić information content (AvgIpc) is 2.63. The van der Waals surface area contributed by atoms with E-state index in [4.69, 9.17) is 0 Å². The van der Waals surface area contributed by atoms with Crippen LogP contribution in [0.5, 0.6) is 0 Å². The third-order valence-corrected chi connectivity index (χ3v) is 4.27. The quantitative estimate of drug-likeness (QED) is 0.749. The van der Waals surface area contributed by atoms with Crippen molar-refractivity contribution < 1.29 is 9.59 Å². The van der Waals surface area contributed by atoms with Crippen LogP contribution >= 0.6 is 15.9 Å². The molecule has 1 aliphatic carbocycles. The van der Waals surface area contributed by atoms with E-state index in [1.54, 1.807) is 18.3 Å². The molecule has 94 valence electrons. The molecule has 1 aromatic heterocycles. The Kier molecular flexibility index (Phi) is 2.93. The van der Waals surface area contributed by atoms with Gasteiger partial charge in [0.05, 0.1) is 11.8 Å². The number of nitrogens with zero attached hydrogens (tertiary/aromatic N) is 2. The maximum absolute atomic E-state index is 12.3. The van der Waals surface area contributed by atoms with Crippen LogP contribution in [0.3, 0.4) is 0 Å². The summed E-state index contributed by atoms with van der Waals surface area (Å²) < 4.78 is 0.822. The first-order valence-corrected chi connectivity index (χ1v) is 6.97. The Bertz CT molecular complexity index is 493. The van der Waals surface area contributed by atoms with Crippen molar-refractivity contribution in [2.24, 2.45) is 11.8 Å². The first kappa shape index (κ1) is 11.8. The van der Waals surface area contributed by atoms with Crippen LogP contribution in [0, 0.1) is 11.8 Å². The number of imide groups is 1. The maximum Gasteiger partial charge on any atom is 0.238 e. The number of rotatable bonds is 1. The fourth-order valence-electron chi connectivity index (χ4n) is 2.90. The highest BCUT2D eigenvalue weighted by Crippen LogP contribution is 2.39. The molecular weight excluding hydrogens is 296 g/mol. The zero-order valence-electron chi connectivity index (χ0n) is 9.80. The monoisotopic (exact) mass is 308 g/mol. The number of aromatic nitrogens is 1. The molecule has 3 rings (SSSR count). The topological polar surface area (TPSA) is 50.3 Å². The average molecular weight is 309 g/mol. The molecule has 2 atom stereocenters. The maximum atomic E-state index is 12.3. The van der Waals surface area contributed by atoms with E-state index in [0.29, 0.717) is 5.82 Å². The Morgan fingerprint density at radius 1 is 1.17 bits per heavy atom. The van der Waals surface area contributed by atoms with Crippen LogP contribution < -0.4 is 4.90 Å². The van der Waals surface area contributed by atoms with Gasteiger partial charge in [-0.1, -0.05) is 28.8 Å². The van der Waals surface area contributed by atoms with Gasteiger partial charge in [0.25, 0.3) is 0 Å². The van der Waals surface area contributed by atoms with Crippen LogP contribution in [0.2, 0.25) is 0 Å². The van der Waals surface area contributed by atoms with E-state index in [1.165, 1.54) is 4.90 Å². The predicted molar refractivity (Wildman–Crippen MR) is 69.9 cm³/mol. The molecule has 1 saturated heterocycles. The van der Waals surface area contributed by atoms with Gasteiger partial charge < -0.3 is 0 Å². The number of amides is 2. The van der Waals surface area contributed by atoms with Crippen LogP contribution in [0.25, 0.3) is 0 Å². The number of carbonyl (C=O) groups excluding carboxylic acids is 2. The molecule has 2 amide bonds. The molecule has 0 N–H and O–H groups in total. The number of hydrogen-bond donors (Lipinski definition) is 0. The molecule has 1 aliphatic heterocycles. The Labute approximate surface area is 114 Å². The van der Waals surface area contributed by atoms with E-state index in [2.05, 4.69) is 20.9 Å². The fourth-order valence-corrected chi connectivity index (χ4v) is 3.23. The van der Waals surface area contributed by atoms with Crippen LogP contribution in [0.1, 0.15) is 25.7 Å². The van der Waals surface area contributed by atoms with E-state index in [1.807, 2.05) is 0 Å². The third-order valence-electron chi connectivity index (χ3n) is 3.78. The van der Waals surface area contributed by atoms with Gasteiger partial charge in [-0.3, -0.25) is 9.59 Å². The molecule has 2 heterocycles. The van der Waals surface area contributed by atoms with Crippen molar-refractivity contribution in [3.8, 4) is 0 Å². The zero-order chi connectivity index (χ0) is 12.7. The molecule has 1 saturated carbocycles. The van der Waals surface area contributed by atoms with Gasteiger partial charge >= 0.3 is 0 Å².